The zero-order valence-corrected chi connectivity index (χ0v) is 12.3. The van der Waals surface area contributed by atoms with Gasteiger partial charge in [-0.3, -0.25) is 15.0 Å². The van der Waals surface area contributed by atoms with Gasteiger partial charge in [-0.1, -0.05) is 26.7 Å². The maximum absolute atomic E-state index is 11.7. The number of β-amino-alcohol motifs (C(OH)–C–C–N with tert-alkyl or cyclic N) is 1. The first-order chi connectivity index (χ1) is 9.39. The summed E-state index contributed by atoms with van der Waals surface area (Å²) < 4.78 is 0. The van der Waals surface area contributed by atoms with Gasteiger partial charge in [0.2, 0.25) is 5.91 Å². The summed E-state index contributed by atoms with van der Waals surface area (Å²) in [6, 6.07) is -0.195. The fourth-order valence-electron chi connectivity index (χ4n) is 2.87. The van der Waals surface area contributed by atoms with Crippen LogP contribution in [0.5, 0.6) is 0 Å². The summed E-state index contributed by atoms with van der Waals surface area (Å²) in [6.07, 6.45) is 4.27. The number of carbonyl (C=O) groups excluding carboxylic acids is 2. The van der Waals surface area contributed by atoms with Crippen molar-refractivity contribution in [1.82, 2.24) is 15.5 Å². The van der Waals surface area contributed by atoms with Gasteiger partial charge in [0.05, 0.1) is 12.1 Å². The number of aliphatic hydroxyl groups is 1. The maximum Gasteiger partial charge on any atom is 0.321 e. The minimum Gasteiger partial charge on any atom is -0.387 e. The number of nitrogens with one attached hydrogen (secondary N) is 2. The summed E-state index contributed by atoms with van der Waals surface area (Å²) in [5.74, 6) is -0.140. The highest BCUT2D eigenvalue weighted by Crippen LogP contribution is 2.27. The van der Waals surface area contributed by atoms with Crippen LogP contribution in [0.4, 0.5) is 4.79 Å². The molecule has 6 heteroatoms. The molecule has 1 aliphatic heterocycles. The van der Waals surface area contributed by atoms with Crippen LogP contribution in [-0.4, -0.2) is 53.2 Å². The number of carbonyl (C=O) groups is 2. The normalized spacial score (nSPS) is 22.6. The van der Waals surface area contributed by atoms with Gasteiger partial charge in [-0.25, -0.2) is 4.79 Å². The van der Waals surface area contributed by atoms with Crippen molar-refractivity contribution in [3.8, 4) is 0 Å². The molecule has 1 saturated carbocycles. The van der Waals surface area contributed by atoms with Gasteiger partial charge in [-0.05, 0) is 18.8 Å². The molecule has 0 unspecified atom stereocenters. The molecule has 114 valence electrons. The number of hydrogen-bond donors (Lipinski definition) is 3. The van der Waals surface area contributed by atoms with Crippen LogP contribution in [0, 0.1) is 5.92 Å². The van der Waals surface area contributed by atoms with Gasteiger partial charge in [-0.15, -0.1) is 0 Å². The lowest BCUT2D eigenvalue weighted by Crippen LogP contribution is -2.66. The molecule has 1 aliphatic carbocycles. The Bertz CT molecular complexity index is 372. The van der Waals surface area contributed by atoms with E-state index < -0.39 is 11.6 Å². The lowest BCUT2D eigenvalue weighted by Gasteiger charge is -2.48. The Labute approximate surface area is 119 Å². The van der Waals surface area contributed by atoms with Crippen LogP contribution in [0.2, 0.25) is 0 Å². The van der Waals surface area contributed by atoms with Crippen molar-refractivity contribution in [3.63, 3.8) is 0 Å². The molecule has 0 aromatic rings. The van der Waals surface area contributed by atoms with Gasteiger partial charge < -0.3 is 10.4 Å². The van der Waals surface area contributed by atoms with Crippen molar-refractivity contribution >= 4 is 11.9 Å². The van der Waals surface area contributed by atoms with Crippen LogP contribution < -0.4 is 10.6 Å². The van der Waals surface area contributed by atoms with E-state index in [0.717, 1.165) is 25.7 Å². The summed E-state index contributed by atoms with van der Waals surface area (Å²) in [5.41, 5.74) is -0.688. The first-order valence-corrected chi connectivity index (χ1v) is 7.44. The second-order valence-electron chi connectivity index (χ2n) is 6.41. The van der Waals surface area contributed by atoms with Gasteiger partial charge >= 0.3 is 6.03 Å². The van der Waals surface area contributed by atoms with Gasteiger partial charge in [0.15, 0.2) is 0 Å². The van der Waals surface area contributed by atoms with E-state index in [2.05, 4.69) is 10.6 Å². The molecule has 0 spiro atoms. The Morgan fingerprint density at radius 2 is 1.90 bits per heavy atom. The molecule has 2 fully saturated rings. The van der Waals surface area contributed by atoms with Crippen molar-refractivity contribution in [2.45, 2.75) is 51.2 Å². The highest BCUT2D eigenvalue weighted by Gasteiger charge is 2.44. The molecule has 6 nitrogen and oxygen atoms in total. The third-order valence-corrected chi connectivity index (χ3v) is 4.38. The zero-order valence-electron chi connectivity index (χ0n) is 12.3. The minimum atomic E-state index is -0.688. The molecule has 2 aliphatic rings. The first kappa shape index (κ1) is 15.3. The molecule has 0 bridgehead atoms. The third-order valence-electron chi connectivity index (χ3n) is 4.38. The fourth-order valence-corrected chi connectivity index (χ4v) is 2.87. The molecule has 1 saturated heterocycles. The van der Waals surface area contributed by atoms with E-state index in [-0.39, 0.29) is 24.4 Å². The second kappa shape index (κ2) is 6.10. The molecule has 20 heavy (non-hydrogen) atoms. The van der Waals surface area contributed by atoms with E-state index in [0.29, 0.717) is 13.1 Å². The van der Waals surface area contributed by atoms with Crippen molar-refractivity contribution in [2.24, 2.45) is 5.92 Å². The summed E-state index contributed by atoms with van der Waals surface area (Å²) in [7, 11) is 0. The molecule has 0 radical (unpaired) electrons. The van der Waals surface area contributed by atoms with Crippen LogP contribution in [0.25, 0.3) is 0 Å². The zero-order chi connectivity index (χ0) is 14.8. The average molecular weight is 283 g/mol. The van der Waals surface area contributed by atoms with Gasteiger partial charge in [0, 0.05) is 19.1 Å². The average Bonchev–Trinajstić information content (AvgIpc) is 2.78. The van der Waals surface area contributed by atoms with Crippen LogP contribution in [0.1, 0.15) is 39.5 Å². The van der Waals surface area contributed by atoms with E-state index in [4.69, 9.17) is 0 Å². The molecule has 2 rings (SSSR count). The van der Waals surface area contributed by atoms with Crippen molar-refractivity contribution in [2.75, 3.05) is 19.6 Å². The lowest BCUT2D eigenvalue weighted by atomic mass is 9.83. The van der Waals surface area contributed by atoms with E-state index in [1.807, 2.05) is 18.7 Å². The first-order valence-electron chi connectivity index (χ1n) is 7.44. The smallest absolute Gasteiger partial charge is 0.321 e. The fraction of sp³-hybridized carbons (Fsp3) is 0.857. The quantitative estimate of drug-likeness (QED) is 0.700. The summed E-state index contributed by atoms with van der Waals surface area (Å²) in [6.45, 7) is 5.07. The second-order valence-corrected chi connectivity index (χ2v) is 6.41. The molecular formula is C14H25N3O3. The number of imide groups is 1. The Balaban J connectivity index is 1.65. The van der Waals surface area contributed by atoms with Crippen molar-refractivity contribution < 1.29 is 14.7 Å². The Hall–Kier alpha value is -1.14. The topological polar surface area (TPSA) is 81.7 Å². The molecule has 3 amide bonds. The standard InChI is InChI=1S/C14H25N3O3/c1-10(2)14(20)8-17(9-14)7-12(18)16-13(19)15-11-5-3-4-6-11/h10-11,20H,3-9H2,1-2H3,(H2,15,16,18,19). The lowest BCUT2D eigenvalue weighted by molar-refractivity contribution is -0.141. The van der Waals surface area contributed by atoms with Gasteiger partial charge in [0.1, 0.15) is 0 Å². The summed E-state index contributed by atoms with van der Waals surface area (Å²) in [5, 5.41) is 15.3. The Morgan fingerprint density at radius 1 is 1.30 bits per heavy atom. The van der Waals surface area contributed by atoms with Crippen LogP contribution in [-0.2, 0) is 4.79 Å². The number of rotatable bonds is 4. The minimum absolute atomic E-state index is 0.160. The third kappa shape index (κ3) is 3.70. The highest BCUT2D eigenvalue weighted by atomic mass is 16.3. The molecule has 1 heterocycles. The van der Waals surface area contributed by atoms with Crippen LogP contribution >= 0.6 is 0 Å². The number of likely N-dealkylation sites (tertiary alicyclic amines) is 1. The molecule has 3 N–H and O–H groups in total. The van der Waals surface area contributed by atoms with E-state index in [1.54, 1.807) is 0 Å². The Kier molecular flexibility index (Phi) is 4.65. The van der Waals surface area contributed by atoms with Crippen molar-refractivity contribution in [1.29, 1.82) is 0 Å². The summed E-state index contributed by atoms with van der Waals surface area (Å²) >= 11 is 0. The van der Waals surface area contributed by atoms with E-state index in [9.17, 15) is 14.7 Å². The molecule has 0 aromatic heterocycles. The Morgan fingerprint density at radius 3 is 2.45 bits per heavy atom. The van der Waals surface area contributed by atoms with Crippen LogP contribution in [0.15, 0.2) is 0 Å². The number of urea groups is 1. The maximum atomic E-state index is 11.7. The monoisotopic (exact) mass is 283 g/mol. The van der Waals surface area contributed by atoms with Gasteiger partial charge in [0.25, 0.3) is 0 Å². The van der Waals surface area contributed by atoms with Crippen molar-refractivity contribution in [3.05, 3.63) is 0 Å². The number of nitrogens with zero attached hydrogens (tertiary/aromatic N) is 1. The van der Waals surface area contributed by atoms with Gasteiger partial charge in [-0.2, -0.15) is 0 Å². The van der Waals surface area contributed by atoms with Crippen LogP contribution in [0.3, 0.4) is 0 Å². The largest absolute Gasteiger partial charge is 0.387 e. The molecule has 0 aromatic carbocycles. The molecular weight excluding hydrogens is 258 g/mol. The number of amides is 3. The molecule has 0 atom stereocenters. The van der Waals surface area contributed by atoms with E-state index in [1.165, 1.54) is 0 Å². The highest BCUT2D eigenvalue weighted by molar-refractivity contribution is 5.95. The summed E-state index contributed by atoms with van der Waals surface area (Å²) in [4.78, 5) is 25.2. The predicted octanol–water partition coefficient (Wildman–Crippen LogP) is 0.458. The van der Waals surface area contributed by atoms with E-state index >= 15 is 0 Å². The predicted molar refractivity (Wildman–Crippen MR) is 75.2 cm³/mol. The SMILES string of the molecule is CC(C)C1(O)CN(CC(=O)NC(=O)NC2CCCC2)C1. The number of hydrogen-bond acceptors (Lipinski definition) is 4.